The van der Waals surface area contributed by atoms with Gasteiger partial charge in [-0.05, 0) is 52.4 Å². The van der Waals surface area contributed by atoms with Gasteiger partial charge in [-0.25, -0.2) is 4.68 Å². The zero-order valence-corrected chi connectivity index (χ0v) is 14.8. The van der Waals surface area contributed by atoms with E-state index in [4.69, 9.17) is 4.74 Å². The lowest BCUT2D eigenvalue weighted by molar-refractivity contribution is -0.118. The number of benzene rings is 3. The molecule has 4 aromatic rings. The molecule has 1 aromatic heterocycles. The number of anilines is 1. The van der Waals surface area contributed by atoms with Crippen LogP contribution in [0.3, 0.4) is 0 Å². The zero-order valence-electron chi connectivity index (χ0n) is 14.8. The highest BCUT2D eigenvalue weighted by Gasteiger charge is 2.23. The highest BCUT2D eigenvalue weighted by atomic mass is 16.5. The molecule has 0 saturated heterocycles. The van der Waals surface area contributed by atoms with Gasteiger partial charge >= 0.3 is 0 Å². The average molecular weight is 371 g/mol. The maximum Gasteiger partial charge on any atom is 0.253 e. The van der Waals surface area contributed by atoms with Gasteiger partial charge in [0.15, 0.2) is 6.04 Å². The Morgan fingerprint density at radius 2 is 1.50 bits per heavy atom. The Hall–Kier alpha value is -4.00. The van der Waals surface area contributed by atoms with E-state index in [1.54, 1.807) is 24.3 Å². The summed E-state index contributed by atoms with van der Waals surface area (Å²) in [6, 6.07) is 25.4. The van der Waals surface area contributed by atoms with Crippen LogP contribution < -0.4 is 10.1 Å². The monoisotopic (exact) mass is 371 g/mol. The van der Waals surface area contributed by atoms with Gasteiger partial charge in [0.05, 0.1) is 0 Å². The topological polar surface area (TPSA) is 81.9 Å². The van der Waals surface area contributed by atoms with Crippen molar-refractivity contribution >= 4 is 11.6 Å². The van der Waals surface area contributed by atoms with E-state index in [0.717, 1.165) is 11.3 Å². The normalized spacial score (nSPS) is 11.6. The van der Waals surface area contributed by atoms with Crippen molar-refractivity contribution in [3.05, 3.63) is 96.8 Å². The zero-order chi connectivity index (χ0) is 19.2. The Kier molecular flexibility index (Phi) is 5.06. The van der Waals surface area contributed by atoms with E-state index in [-0.39, 0.29) is 5.91 Å². The fraction of sp³-hybridized carbons (Fsp3) is 0.0476. The van der Waals surface area contributed by atoms with Gasteiger partial charge in [-0.3, -0.25) is 4.79 Å². The largest absolute Gasteiger partial charge is 0.457 e. The van der Waals surface area contributed by atoms with Crippen molar-refractivity contribution in [1.82, 2.24) is 20.2 Å². The molecule has 1 N–H and O–H groups in total. The van der Waals surface area contributed by atoms with Gasteiger partial charge in [0, 0.05) is 5.69 Å². The summed E-state index contributed by atoms with van der Waals surface area (Å²) < 4.78 is 7.20. The highest BCUT2D eigenvalue weighted by Crippen LogP contribution is 2.24. The number of nitrogens with zero attached hydrogens (tertiary/aromatic N) is 4. The van der Waals surface area contributed by atoms with Crippen LogP contribution in [-0.2, 0) is 4.79 Å². The van der Waals surface area contributed by atoms with Crippen LogP contribution in [-0.4, -0.2) is 26.1 Å². The van der Waals surface area contributed by atoms with E-state index >= 15 is 0 Å². The smallest absolute Gasteiger partial charge is 0.253 e. The molecule has 7 nitrogen and oxygen atoms in total. The predicted octanol–water partition coefficient (Wildman–Crippen LogP) is 3.69. The minimum Gasteiger partial charge on any atom is -0.457 e. The van der Waals surface area contributed by atoms with Crippen LogP contribution in [0.4, 0.5) is 5.69 Å². The number of tetrazole rings is 1. The molecule has 0 radical (unpaired) electrons. The Balaban J connectivity index is 1.50. The number of hydrogen-bond acceptors (Lipinski definition) is 5. The second-order valence-corrected chi connectivity index (χ2v) is 6.03. The van der Waals surface area contributed by atoms with Crippen LogP contribution in [0.1, 0.15) is 11.6 Å². The van der Waals surface area contributed by atoms with E-state index in [1.807, 2.05) is 60.7 Å². The van der Waals surface area contributed by atoms with Crippen LogP contribution in [0.25, 0.3) is 0 Å². The third kappa shape index (κ3) is 4.04. The van der Waals surface area contributed by atoms with E-state index in [1.165, 1.54) is 11.0 Å². The second kappa shape index (κ2) is 8.13. The summed E-state index contributed by atoms with van der Waals surface area (Å²) in [5.41, 5.74) is 1.44. The van der Waals surface area contributed by atoms with Gasteiger partial charge in [0.2, 0.25) is 0 Å². The minimum atomic E-state index is -0.670. The summed E-state index contributed by atoms with van der Waals surface area (Å²) in [4.78, 5) is 12.9. The molecule has 0 spiro atoms. The first-order valence-corrected chi connectivity index (χ1v) is 8.71. The quantitative estimate of drug-likeness (QED) is 0.559. The first kappa shape index (κ1) is 17.4. The number of carbonyl (C=O) groups excluding carboxylic acids is 1. The van der Waals surface area contributed by atoms with Crippen molar-refractivity contribution in [2.24, 2.45) is 0 Å². The van der Waals surface area contributed by atoms with Crippen LogP contribution in [0.15, 0.2) is 91.3 Å². The van der Waals surface area contributed by atoms with E-state index in [2.05, 4.69) is 20.8 Å². The summed E-state index contributed by atoms with van der Waals surface area (Å²) in [5, 5.41) is 14.1. The fourth-order valence-corrected chi connectivity index (χ4v) is 2.79. The first-order valence-electron chi connectivity index (χ1n) is 8.71. The number of nitrogens with one attached hydrogen (secondary N) is 1. The van der Waals surface area contributed by atoms with E-state index < -0.39 is 6.04 Å². The number of amides is 1. The molecule has 0 aliphatic rings. The van der Waals surface area contributed by atoms with Crippen molar-refractivity contribution in [1.29, 1.82) is 0 Å². The number of rotatable bonds is 6. The fourth-order valence-electron chi connectivity index (χ4n) is 2.79. The summed E-state index contributed by atoms with van der Waals surface area (Å²) in [6.07, 6.45) is 1.42. The van der Waals surface area contributed by atoms with Gasteiger partial charge in [0.25, 0.3) is 5.91 Å². The van der Waals surface area contributed by atoms with Gasteiger partial charge in [-0.2, -0.15) is 0 Å². The number of hydrogen-bond donors (Lipinski definition) is 1. The number of aromatic nitrogens is 4. The maximum absolute atomic E-state index is 12.9. The molecule has 28 heavy (non-hydrogen) atoms. The SMILES string of the molecule is O=C(Nc1ccc(Oc2ccccc2)cc1)C(c1ccccc1)n1cnnn1. The molecule has 7 heteroatoms. The molecule has 0 saturated carbocycles. The lowest BCUT2D eigenvalue weighted by atomic mass is 10.1. The number of carbonyl (C=O) groups is 1. The lowest BCUT2D eigenvalue weighted by Crippen LogP contribution is -2.27. The molecule has 1 heterocycles. The lowest BCUT2D eigenvalue weighted by Gasteiger charge is -2.17. The molecule has 4 rings (SSSR count). The van der Waals surface area contributed by atoms with Crippen LogP contribution in [0.2, 0.25) is 0 Å². The molecule has 1 amide bonds. The molecule has 3 aromatic carbocycles. The Morgan fingerprint density at radius 3 is 2.14 bits per heavy atom. The summed E-state index contributed by atoms with van der Waals surface area (Å²) in [5.74, 6) is 1.20. The average Bonchev–Trinajstić information content (AvgIpc) is 3.25. The van der Waals surface area contributed by atoms with Crippen molar-refractivity contribution in [3.8, 4) is 11.5 Å². The molecular formula is C21H17N5O2. The third-order valence-corrected chi connectivity index (χ3v) is 4.09. The Morgan fingerprint density at radius 1 is 0.857 bits per heavy atom. The van der Waals surface area contributed by atoms with Crippen molar-refractivity contribution in [3.63, 3.8) is 0 Å². The summed E-state index contributed by atoms with van der Waals surface area (Å²) in [7, 11) is 0. The summed E-state index contributed by atoms with van der Waals surface area (Å²) in [6.45, 7) is 0. The predicted molar refractivity (Wildman–Crippen MR) is 104 cm³/mol. The van der Waals surface area contributed by atoms with Crippen LogP contribution in [0, 0.1) is 0 Å². The highest BCUT2D eigenvalue weighted by molar-refractivity contribution is 5.95. The van der Waals surface area contributed by atoms with Gasteiger partial charge in [-0.15, -0.1) is 5.10 Å². The first-order chi connectivity index (χ1) is 13.8. The van der Waals surface area contributed by atoms with Crippen molar-refractivity contribution < 1.29 is 9.53 Å². The molecule has 138 valence electrons. The molecular weight excluding hydrogens is 354 g/mol. The molecule has 0 aliphatic heterocycles. The molecule has 0 fully saturated rings. The number of para-hydroxylation sites is 1. The Bertz CT molecular complexity index is 1020. The second-order valence-electron chi connectivity index (χ2n) is 6.03. The third-order valence-electron chi connectivity index (χ3n) is 4.09. The summed E-state index contributed by atoms with van der Waals surface area (Å²) >= 11 is 0. The van der Waals surface area contributed by atoms with Crippen LogP contribution >= 0.6 is 0 Å². The number of ether oxygens (including phenoxy) is 1. The van der Waals surface area contributed by atoms with Crippen molar-refractivity contribution in [2.45, 2.75) is 6.04 Å². The molecule has 0 bridgehead atoms. The van der Waals surface area contributed by atoms with E-state index in [9.17, 15) is 4.79 Å². The molecule has 0 aliphatic carbocycles. The standard InChI is InChI=1S/C21H17N5O2/c27-21(20(26-15-22-24-25-26)16-7-3-1-4-8-16)23-17-11-13-19(14-12-17)28-18-9-5-2-6-10-18/h1-15,20H,(H,23,27). The Labute approximate surface area is 161 Å². The molecule has 1 unspecified atom stereocenters. The van der Waals surface area contributed by atoms with E-state index in [0.29, 0.717) is 11.4 Å². The van der Waals surface area contributed by atoms with Gasteiger partial charge in [0.1, 0.15) is 17.8 Å². The van der Waals surface area contributed by atoms with Gasteiger partial charge in [-0.1, -0.05) is 48.5 Å². The maximum atomic E-state index is 12.9. The minimum absolute atomic E-state index is 0.241. The molecule has 1 atom stereocenters. The van der Waals surface area contributed by atoms with Gasteiger partial charge < -0.3 is 10.1 Å². The van der Waals surface area contributed by atoms with Crippen LogP contribution in [0.5, 0.6) is 11.5 Å². The van der Waals surface area contributed by atoms with Crippen molar-refractivity contribution in [2.75, 3.05) is 5.32 Å².